The number of hydrogen-bond acceptors (Lipinski definition) is 7. The van der Waals surface area contributed by atoms with Crippen LogP contribution in [0.4, 0.5) is 0 Å². The molecule has 0 radical (unpaired) electrons. The van der Waals surface area contributed by atoms with E-state index in [1.54, 1.807) is 0 Å². The lowest BCUT2D eigenvalue weighted by Gasteiger charge is -2.37. The number of halogens is 2. The minimum Gasteiger partial charge on any atom is -0.369 e. The van der Waals surface area contributed by atoms with Crippen molar-refractivity contribution in [1.29, 1.82) is 0 Å². The lowest BCUT2D eigenvalue weighted by atomic mass is 10.1. The fourth-order valence-corrected chi connectivity index (χ4v) is 9.44. The van der Waals surface area contributed by atoms with Crippen molar-refractivity contribution in [2.24, 2.45) is 0 Å². The quantitative estimate of drug-likeness (QED) is 0.0485. The Morgan fingerprint density at radius 2 is 1.05 bits per heavy atom. The summed E-state index contributed by atoms with van der Waals surface area (Å²) in [5.74, 6) is 1.98. The van der Waals surface area contributed by atoms with Crippen molar-refractivity contribution in [2.75, 3.05) is 18.1 Å². The van der Waals surface area contributed by atoms with Gasteiger partial charge in [0.15, 0.2) is 0 Å². The van der Waals surface area contributed by atoms with Gasteiger partial charge in [0.25, 0.3) is 0 Å². The van der Waals surface area contributed by atoms with Crippen LogP contribution in [0.5, 0.6) is 0 Å². The number of thioether (sulfide) groups is 2. The molecule has 3 rings (SSSR count). The van der Waals surface area contributed by atoms with Crippen molar-refractivity contribution in [2.45, 2.75) is 56.6 Å². The van der Waals surface area contributed by atoms with E-state index in [9.17, 15) is 0 Å². The van der Waals surface area contributed by atoms with Crippen molar-refractivity contribution in [1.82, 2.24) is 0 Å². The second kappa shape index (κ2) is 21.2. The summed E-state index contributed by atoms with van der Waals surface area (Å²) in [7, 11) is 0. The summed E-state index contributed by atoms with van der Waals surface area (Å²) < 4.78 is 26.2. The first-order chi connectivity index (χ1) is 19.6. The molecule has 0 saturated carbocycles. The zero-order valence-corrected chi connectivity index (χ0v) is 30.4. The molecule has 0 aliphatic rings. The molecule has 0 unspecified atom stereocenters. The highest BCUT2D eigenvalue weighted by molar-refractivity contribution is 14.3. The second-order valence-electron chi connectivity index (χ2n) is 8.70. The van der Waals surface area contributed by atoms with E-state index in [1.807, 2.05) is 66.0 Å². The minimum atomic E-state index is -0.342. The zero-order chi connectivity index (χ0) is 28.4. The summed E-state index contributed by atoms with van der Waals surface area (Å²) >= 11 is 10.2. The van der Waals surface area contributed by atoms with Crippen molar-refractivity contribution in [3.8, 4) is 0 Å². The first-order valence-electron chi connectivity index (χ1n) is 13.2. The summed E-state index contributed by atoms with van der Waals surface area (Å²) in [6.45, 7) is 6.28. The summed E-state index contributed by atoms with van der Waals surface area (Å²) in [6, 6.07) is 31.0. The van der Waals surface area contributed by atoms with E-state index in [4.69, 9.17) is 18.4 Å². The largest absolute Gasteiger partial charge is 0.369 e. The number of benzene rings is 3. The van der Waals surface area contributed by atoms with Crippen LogP contribution >= 0.6 is 81.7 Å². The van der Waals surface area contributed by atoms with E-state index >= 15 is 0 Å². The lowest BCUT2D eigenvalue weighted by molar-refractivity contribution is -0.154. The van der Waals surface area contributed by atoms with Crippen molar-refractivity contribution >= 4 is 81.7 Å². The van der Waals surface area contributed by atoms with E-state index in [0.29, 0.717) is 26.4 Å². The Labute approximate surface area is 279 Å². The topological polar surface area (TPSA) is 36.9 Å². The van der Waals surface area contributed by atoms with Crippen LogP contribution in [0, 0.1) is 0 Å². The van der Waals surface area contributed by atoms with Crippen LogP contribution in [-0.2, 0) is 38.2 Å². The Hall–Kier alpha value is 0.440. The smallest absolute Gasteiger partial charge is 0.114 e. The molecule has 0 amide bonds. The normalized spacial score (nSPS) is 13.9. The van der Waals surface area contributed by atoms with E-state index < -0.39 is 0 Å². The molecule has 0 bridgehead atoms. The van der Waals surface area contributed by atoms with Crippen molar-refractivity contribution in [3.05, 3.63) is 108 Å². The lowest BCUT2D eigenvalue weighted by Crippen LogP contribution is -2.48. The maximum Gasteiger partial charge on any atom is 0.114 e. The minimum absolute atomic E-state index is 0.182. The van der Waals surface area contributed by atoms with Crippen LogP contribution in [0.3, 0.4) is 0 Å². The van der Waals surface area contributed by atoms with E-state index in [0.717, 1.165) is 28.2 Å². The molecule has 10 heteroatoms. The fraction of sp³-hybridized carbons (Fsp3) is 0.400. The van der Waals surface area contributed by atoms with E-state index in [1.165, 1.54) is 11.7 Å². The van der Waals surface area contributed by atoms with Crippen LogP contribution in [-0.4, -0.2) is 41.0 Å². The molecule has 3 atom stereocenters. The Morgan fingerprint density at radius 1 is 0.625 bits per heavy atom. The molecule has 0 N–H and O–H groups in total. The summed E-state index contributed by atoms with van der Waals surface area (Å²) in [5.41, 5.74) is 3.39. The summed E-state index contributed by atoms with van der Waals surface area (Å²) in [6.07, 6.45) is -0.878. The third-order valence-corrected chi connectivity index (χ3v) is 12.4. The molecule has 0 spiro atoms. The van der Waals surface area contributed by atoms with Gasteiger partial charge in [0.05, 0.1) is 31.0 Å². The maximum absolute atomic E-state index is 6.80. The molecule has 3 aromatic carbocycles. The van der Waals surface area contributed by atoms with Crippen molar-refractivity contribution in [3.63, 3.8) is 0 Å². The van der Waals surface area contributed by atoms with Crippen LogP contribution in [0.2, 0.25) is 0 Å². The molecule has 0 aliphatic carbocycles. The molecule has 0 fully saturated rings. The zero-order valence-electron chi connectivity index (χ0n) is 22.8. The Bertz CT molecular complexity index is 1030. The highest BCUT2D eigenvalue weighted by Crippen LogP contribution is 2.65. The molecular weight excluding hydrogens is 805 g/mol. The summed E-state index contributed by atoms with van der Waals surface area (Å²) in [5, 5.41) is 0. The second-order valence-corrected chi connectivity index (χ2v) is 29.4. The number of ether oxygens (including phenoxy) is 3. The van der Waals surface area contributed by atoms with Crippen molar-refractivity contribution < 1.29 is 18.4 Å². The predicted octanol–water partition coefficient (Wildman–Crippen LogP) is 10.3. The molecule has 3 aromatic rings. The van der Waals surface area contributed by atoms with Gasteiger partial charge >= 0.3 is 0 Å². The van der Waals surface area contributed by atoms with Gasteiger partial charge in [0.1, 0.15) is 20.7 Å². The molecule has 218 valence electrons. The van der Waals surface area contributed by atoms with Gasteiger partial charge < -0.3 is 18.4 Å². The standard InChI is InChI=1S/C30H37I2O4PS3/c1-3-38-30(39-4-2)29(35-22-26-18-12-7-13-19-26)28(34-21-25-16-10-6-11-17-25)27(23-36-40-37(31)32)33-20-24-14-8-5-9-15-24/h5-19,27-30H,3-4,20-23H2,1-2H3/t27-,28-,29-/m1/s1. The summed E-state index contributed by atoms with van der Waals surface area (Å²) in [4.78, 5) is 0. The third kappa shape index (κ3) is 13.4. The molecule has 0 aliphatic heterocycles. The fourth-order valence-electron chi connectivity index (χ4n) is 3.99. The van der Waals surface area contributed by atoms with Gasteiger partial charge in [0, 0.05) is 11.7 Å². The van der Waals surface area contributed by atoms with Crippen LogP contribution in [0.1, 0.15) is 30.5 Å². The van der Waals surface area contributed by atoms with Crippen LogP contribution in [0.15, 0.2) is 91.0 Å². The average Bonchev–Trinajstić information content (AvgIpc) is 2.98. The molecule has 4 nitrogen and oxygen atoms in total. The first-order valence-corrected chi connectivity index (χ1v) is 23.6. The Kier molecular flexibility index (Phi) is 18.5. The third-order valence-electron chi connectivity index (χ3n) is 5.84. The Morgan fingerprint density at radius 3 is 1.48 bits per heavy atom. The van der Waals surface area contributed by atoms with Crippen LogP contribution < -0.4 is 0 Å². The molecule has 40 heavy (non-hydrogen) atoms. The Balaban J connectivity index is 1.93. The van der Waals surface area contributed by atoms with Gasteiger partial charge in [0.2, 0.25) is 0 Å². The molecule has 0 saturated heterocycles. The highest BCUT2D eigenvalue weighted by atomic mass is 127. The predicted molar refractivity (Wildman–Crippen MR) is 194 cm³/mol. The molecular formula is C30H37I2O4PS3. The molecule has 0 aromatic heterocycles. The van der Waals surface area contributed by atoms with E-state index in [2.05, 4.69) is 106 Å². The highest BCUT2D eigenvalue weighted by Gasteiger charge is 2.38. The SMILES string of the molecule is CCSC(SCC)[C@H](OCc1ccccc1)[C@H](OCc1ccccc1)[C@@H](COSP(I)I)OCc1ccccc1. The van der Waals surface area contributed by atoms with Gasteiger partial charge in [-0.05, 0) is 72.3 Å². The van der Waals surface area contributed by atoms with Gasteiger partial charge in [-0.25, -0.2) is 0 Å². The molecule has 0 heterocycles. The number of hydrogen-bond donors (Lipinski definition) is 0. The first kappa shape index (κ1) is 34.9. The van der Waals surface area contributed by atoms with E-state index in [-0.39, 0.29) is 25.3 Å². The van der Waals surface area contributed by atoms with Gasteiger partial charge in [-0.2, -0.15) is 0 Å². The average molecular weight is 843 g/mol. The monoisotopic (exact) mass is 842 g/mol. The van der Waals surface area contributed by atoms with Gasteiger partial charge in [-0.1, -0.05) is 105 Å². The number of rotatable bonds is 20. The van der Waals surface area contributed by atoms with Gasteiger partial charge in [-0.3, -0.25) is 0 Å². The van der Waals surface area contributed by atoms with Crippen LogP contribution in [0.25, 0.3) is 0 Å². The maximum atomic E-state index is 6.80. The van der Waals surface area contributed by atoms with Gasteiger partial charge in [-0.15, -0.1) is 23.5 Å².